The van der Waals surface area contributed by atoms with Crippen LogP contribution in [0, 0.1) is 13.8 Å². The van der Waals surface area contributed by atoms with Crippen LogP contribution >= 0.6 is 0 Å². The molecule has 0 spiro atoms. The van der Waals surface area contributed by atoms with Gasteiger partial charge >= 0.3 is 11.9 Å². The van der Waals surface area contributed by atoms with Gasteiger partial charge in [0.25, 0.3) is 0 Å². The number of hydrogen-bond acceptors (Lipinski definition) is 4. The van der Waals surface area contributed by atoms with Gasteiger partial charge in [-0.2, -0.15) is 0 Å². The van der Waals surface area contributed by atoms with E-state index in [0.717, 1.165) is 35.3 Å². The highest BCUT2D eigenvalue weighted by Gasteiger charge is 2.27. The van der Waals surface area contributed by atoms with E-state index in [2.05, 4.69) is 10.3 Å². The Bertz CT molecular complexity index is 1450. The Morgan fingerprint density at radius 1 is 0.941 bits per heavy atom. The van der Waals surface area contributed by atoms with Gasteiger partial charge < -0.3 is 19.9 Å². The number of anilines is 1. The SMILES string of the molecule is CCNc1cc2oc3cc(=[NH+]CC)c(C)cc-3c(-c3c(C(=O)O)cccc3C(=O)O)c2cc1C. The molecule has 1 aliphatic heterocycles. The van der Waals surface area contributed by atoms with Gasteiger partial charge in [-0.1, -0.05) is 6.07 Å². The van der Waals surface area contributed by atoms with Crippen LogP contribution < -0.4 is 15.7 Å². The third kappa shape index (κ3) is 3.90. The van der Waals surface area contributed by atoms with Crippen molar-refractivity contribution in [2.24, 2.45) is 0 Å². The number of carbonyl (C=O) groups is 2. The number of carboxylic acids is 2. The summed E-state index contributed by atoms with van der Waals surface area (Å²) >= 11 is 0. The maximum Gasteiger partial charge on any atom is 0.336 e. The van der Waals surface area contributed by atoms with Crippen LogP contribution in [0.2, 0.25) is 0 Å². The van der Waals surface area contributed by atoms with E-state index in [-0.39, 0.29) is 16.7 Å². The second kappa shape index (κ2) is 9.02. The van der Waals surface area contributed by atoms with Crippen LogP contribution in [-0.2, 0) is 0 Å². The van der Waals surface area contributed by atoms with Crippen LogP contribution in [0.25, 0.3) is 33.4 Å². The molecule has 1 heterocycles. The summed E-state index contributed by atoms with van der Waals surface area (Å²) in [6.07, 6.45) is 0. The molecular weight excluding hydrogens is 432 g/mol. The van der Waals surface area contributed by atoms with E-state index in [1.165, 1.54) is 18.2 Å². The Balaban J connectivity index is 2.28. The number of benzene rings is 3. The number of hydrogen-bond donors (Lipinski definition) is 4. The van der Waals surface area contributed by atoms with Crippen molar-refractivity contribution in [1.29, 1.82) is 0 Å². The number of carboxylic acid groups (broad SMARTS) is 2. The van der Waals surface area contributed by atoms with Crippen molar-refractivity contribution in [3.8, 4) is 22.5 Å². The van der Waals surface area contributed by atoms with Gasteiger partial charge in [0.1, 0.15) is 17.9 Å². The molecule has 1 aliphatic carbocycles. The average molecular weight is 460 g/mol. The van der Waals surface area contributed by atoms with Crippen molar-refractivity contribution in [3.05, 3.63) is 70.1 Å². The van der Waals surface area contributed by atoms with Crippen LogP contribution in [0.15, 0.2) is 46.9 Å². The van der Waals surface area contributed by atoms with E-state index in [0.29, 0.717) is 27.9 Å². The predicted molar refractivity (Wildman–Crippen MR) is 130 cm³/mol. The highest BCUT2D eigenvalue weighted by molar-refractivity contribution is 6.13. The van der Waals surface area contributed by atoms with Crippen molar-refractivity contribution >= 4 is 28.6 Å². The number of aryl methyl sites for hydroxylation is 2. The molecule has 34 heavy (non-hydrogen) atoms. The molecule has 0 aromatic heterocycles. The van der Waals surface area contributed by atoms with Gasteiger partial charge in [-0.05, 0) is 57.5 Å². The Morgan fingerprint density at radius 2 is 1.62 bits per heavy atom. The fourth-order valence-corrected chi connectivity index (χ4v) is 4.41. The molecule has 174 valence electrons. The van der Waals surface area contributed by atoms with E-state index in [9.17, 15) is 19.8 Å². The van der Waals surface area contributed by atoms with E-state index < -0.39 is 11.9 Å². The number of nitrogens with one attached hydrogen (secondary N) is 2. The van der Waals surface area contributed by atoms with Crippen molar-refractivity contribution < 1.29 is 29.2 Å². The molecule has 4 N–H and O–H groups in total. The molecule has 4 rings (SSSR count). The first kappa shape index (κ1) is 23.0. The fraction of sp³-hybridized carbons (Fsp3) is 0.222. The van der Waals surface area contributed by atoms with Crippen LogP contribution in [0.5, 0.6) is 0 Å². The molecule has 2 aromatic rings. The van der Waals surface area contributed by atoms with Crippen LogP contribution in [-0.4, -0.2) is 35.2 Å². The molecule has 0 bridgehead atoms. The maximum atomic E-state index is 12.2. The second-order valence-corrected chi connectivity index (χ2v) is 8.20. The fourth-order valence-electron chi connectivity index (χ4n) is 4.41. The first-order valence-electron chi connectivity index (χ1n) is 11.2. The maximum absolute atomic E-state index is 12.2. The molecule has 2 aliphatic rings. The molecule has 2 aromatic carbocycles. The summed E-state index contributed by atoms with van der Waals surface area (Å²) in [6.45, 7) is 9.35. The van der Waals surface area contributed by atoms with Gasteiger partial charge in [-0.3, -0.25) is 0 Å². The lowest BCUT2D eigenvalue weighted by molar-refractivity contribution is -0.496. The summed E-state index contributed by atoms with van der Waals surface area (Å²) < 4.78 is 6.32. The number of aromatic carboxylic acids is 2. The summed E-state index contributed by atoms with van der Waals surface area (Å²) in [4.78, 5) is 27.8. The van der Waals surface area contributed by atoms with E-state index >= 15 is 0 Å². The molecule has 0 unspecified atom stereocenters. The van der Waals surface area contributed by atoms with Crippen LogP contribution in [0.1, 0.15) is 45.7 Å². The summed E-state index contributed by atoms with van der Waals surface area (Å²) in [5.41, 5.74) is 4.51. The van der Waals surface area contributed by atoms with Gasteiger partial charge in [0.15, 0.2) is 0 Å². The second-order valence-electron chi connectivity index (χ2n) is 8.20. The molecule has 0 atom stereocenters. The first-order valence-corrected chi connectivity index (χ1v) is 11.2. The number of fused-ring (bicyclic) bond motifs is 2. The molecule has 7 nitrogen and oxygen atoms in total. The van der Waals surface area contributed by atoms with Gasteiger partial charge in [0, 0.05) is 45.9 Å². The normalized spacial score (nSPS) is 11.8. The zero-order chi connectivity index (χ0) is 24.6. The molecule has 0 radical (unpaired) electrons. The number of rotatable bonds is 6. The third-order valence-corrected chi connectivity index (χ3v) is 5.92. The third-order valence-electron chi connectivity index (χ3n) is 5.92. The van der Waals surface area contributed by atoms with Gasteiger partial charge in [-0.25, -0.2) is 14.6 Å². The lowest BCUT2D eigenvalue weighted by Crippen LogP contribution is -2.76. The highest BCUT2D eigenvalue weighted by atomic mass is 16.4. The first-order chi connectivity index (χ1) is 16.3. The minimum absolute atomic E-state index is 0.0736. The Morgan fingerprint density at radius 3 is 2.21 bits per heavy atom. The molecule has 0 amide bonds. The van der Waals surface area contributed by atoms with Crippen molar-refractivity contribution in [1.82, 2.24) is 0 Å². The Kier molecular flexibility index (Phi) is 6.11. The summed E-state index contributed by atoms with van der Waals surface area (Å²) in [7, 11) is 0. The average Bonchev–Trinajstić information content (AvgIpc) is 2.79. The zero-order valence-electron chi connectivity index (χ0n) is 19.6. The quantitative estimate of drug-likeness (QED) is 0.327. The molecule has 0 fully saturated rings. The van der Waals surface area contributed by atoms with E-state index in [4.69, 9.17) is 4.42 Å². The van der Waals surface area contributed by atoms with Crippen molar-refractivity contribution in [2.45, 2.75) is 27.7 Å². The molecule has 0 saturated heterocycles. The lowest BCUT2D eigenvalue weighted by Gasteiger charge is -2.20. The topological polar surface area (TPSA) is 114 Å². The minimum atomic E-state index is -1.19. The predicted octanol–water partition coefficient (Wildman–Crippen LogP) is 3.65. The lowest BCUT2D eigenvalue weighted by atomic mass is 9.86. The zero-order valence-corrected chi connectivity index (χ0v) is 19.6. The van der Waals surface area contributed by atoms with E-state index in [1.807, 2.05) is 52.0 Å². The summed E-state index contributed by atoms with van der Waals surface area (Å²) in [6, 6.07) is 11.9. The van der Waals surface area contributed by atoms with Gasteiger partial charge in [0.2, 0.25) is 5.36 Å². The van der Waals surface area contributed by atoms with Crippen LogP contribution in [0.4, 0.5) is 5.69 Å². The van der Waals surface area contributed by atoms with Crippen molar-refractivity contribution in [3.63, 3.8) is 0 Å². The Hall–Kier alpha value is -4.13. The van der Waals surface area contributed by atoms with Gasteiger partial charge in [0.05, 0.1) is 17.2 Å². The Labute approximate surface area is 196 Å². The van der Waals surface area contributed by atoms with Gasteiger partial charge in [-0.15, -0.1) is 0 Å². The van der Waals surface area contributed by atoms with Crippen molar-refractivity contribution in [2.75, 3.05) is 18.4 Å². The van der Waals surface area contributed by atoms with E-state index in [1.54, 1.807) is 0 Å². The summed E-state index contributed by atoms with van der Waals surface area (Å²) in [5, 5.41) is 24.8. The summed E-state index contributed by atoms with van der Waals surface area (Å²) in [5.74, 6) is -1.85. The molecule has 0 saturated carbocycles. The smallest absolute Gasteiger partial charge is 0.336 e. The highest BCUT2D eigenvalue weighted by Crippen LogP contribution is 2.44. The van der Waals surface area contributed by atoms with Crippen LogP contribution in [0.3, 0.4) is 0 Å². The largest absolute Gasteiger partial charge is 0.478 e. The molecule has 7 heteroatoms. The standard InChI is InChI=1S/C27H26N2O5/c1-5-28-20-12-22-18(10-14(20)3)25(19-11-15(4)21(29-6-2)13-23(19)34-22)24-16(26(30)31)8-7-9-17(24)27(32)33/h7-13,28H,5-6H2,1-4H3,(H,30,31)(H,32,33)/p+1. The molecular formula is C27H27N2O5+. The monoisotopic (exact) mass is 459 g/mol. The minimum Gasteiger partial charge on any atom is -0.478 e.